The van der Waals surface area contributed by atoms with Gasteiger partial charge in [0.25, 0.3) is 0 Å². The highest BCUT2D eigenvalue weighted by atomic mass is 32.1. The van der Waals surface area contributed by atoms with Gasteiger partial charge in [0, 0.05) is 15.3 Å². The van der Waals surface area contributed by atoms with Crippen LogP contribution in [-0.4, -0.2) is 7.05 Å². The fraction of sp³-hybridized carbons (Fsp3) is 0.333. The van der Waals surface area contributed by atoms with E-state index in [1.54, 1.807) is 24.3 Å². The van der Waals surface area contributed by atoms with Gasteiger partial charge in [-0.1, -0.05) is 18.2 Å². The van der Waals surface area contributed by atoms with E-state index in [4.69, 9.17) is 0 Å². The van der Waals surface area contributed by atoms with Crippen molar-refractivity contribution in [3.63, 3.8) is 0 Å². The van der Waals surface area contributed by atoms with Crippen molar-refractivity contribution < 1.29 is 4.39 Å². The Labute approximate surface area is 112 Å². The highest BCUT2D eigenvalue weighted by Crippen LogP contribution is 2.32. The number of rotatable bonds is 3. The number of hydrogen-bond donors (Lipinski definition) is 1. The Morgan fingerprint density at radius 1 is 1.17 bits per heavy atom. The lowest BCUT2D eigenvalue weighted by Crippen LogP contribution is -2.19. The first-order valence-corrected chi connectivity index (χ1v) is 6.85. The van der Waals surface area contributed by atoms with E-state index in [1.165, 1.54) is 15.3 Å². The fourth-order valence-electron chi connectivity index (χ4n) is 2.31. The average Bonchev–Trinajstić information content (AvgIpc) is 2.65. The van der Waals surface area contributed by atoms with E-state index in [-0.39, 0.29) is 11.9 Å². The van der Waals surface area contributed by atoms with Crippen LogP contribution in [0.4, 0.5) is 4.39 Å². The lowest BCUT2D eigenvalue weighted by molar-refractivity contribution is 0.569. The summed E-state index contributed by atoms with van der Waals surface area (Å²) in [6.07, 6.45) is 0. The van der Waals surface area contributed by atoms with E-state index in [1.807, 2.05) is 19.2 Å². The third kappa shape index (κ3) is 2.33. The normalized spacial score (nSPS) is 12.7. The molecule has 1 aromatic heterocycles. The predicted molar refractivity (Wildman–Crippen MR) is 75.8 cm³/mol. The molecule has 96 valence electrons. The molecule has 2 aromatic rings. The maximum atomic E-state index is 14.2. The van der Waals surface area contributed by atoms with Gasteiger partial charge in [0.1, 0.15) is 5.82 Å². The predicted octanol–water partition coefficient (Wildman–Crippen LogP) is 4.12. The van der Waals surface area contributed by atoms with Crippen LogP contribution in [0, 0.1) is 26.6 Å². The quantitative estimate of drug-likeness (QED) is 0.878. The number of thiophene rings is 1. The summed E-state index contributed by atoms with van der Waals surface area (Å²) in [7, 11) is 1.87. The lowest BCUT2D eigenvalue weighted by Gasteiger charge is -2.18. The Bertz CT molecular complexity index is 560. The molecule has 0 spiro atoms. The summed E-state index contributed by atoms with van der Waals surface area (Å²) in [5.74, 6) is -0.111. The first kappa shape index (κ1) is 13.2. The zero-order valence-electron chi connectivity index (χ0n) is 11.2. The van der Waals surface area contributed by atoms with Gasteiger partial charge in [-0.2, -0.15) is 0 Å². The smallest absolute Gasteiger partial charge is 0.131 e. The van der Waals surface area contributed by atoms with Crippen molar-refractivity contribution >= 4 is 11.3 Å². The second-order valence-corrected chi connectivity index (χ2v) is 6.03. The number of nitrogens with one attached hydrogen (secondary N) is 1. The number of aryl methyl sites for hydroxylation is 3. The molecule has 0 aliphatic carbocycles. The van der Waals surface area contributed by atoms with Crippen molar-refractivity contribution in [2.75, 3.05) is 7.05 Å². The SMILES string of the molecule is CNC(c1cc(C)sc1C)c1cccc(C)c1F. The monoisotopic (exact) mass is 263 g/mol. The van der Waals surface area contributed by atoms with Gasteiger partial charge < -0.3 is 5.32 Å². The Hall–Kier alpha value is -1.19. The Morgan fingerprint density at radius 3 is 2.44 bits per heavy atom. The Kier molecular flexibility index (Phi) is 3.83. The third-order valence-corrected chi connectivity index (χ3v) is 4.19. The van der Waals surface area contributed by atoms with E-state index >= 15 is 0 Å². The Balaban J connectivity index is 2.52. The molecule has 1 aromatic carbocycles. The highest BCUT2D eigenvalue weighted by molar-refractivity contribution is 7.12. The molecule has 18 heavy (non-hydrogen) atoms. The minimum atomic E-state index is -0.111. The number of benzene rings is 1. The molecule has 2 rings (SSSR count). The van der Waals surface area contributed by atoms with Crippen LogP contribution in [0.25, 0.3) is 0 Å². The summed E-state index contributed by atoms with van der Waals surface area (Å²) >= 11 is 1.76. The second kappa shape index (κ2) is 5.21. The van der Waals surface area contributed by atoms with Crippen molar-refractivity contribution in [1.82, 2.24) is 5.32 Å². The maximum Gasteiger partial charge on any atom is 0.131 e. The molecule has 1 unspecified atom stereocenters. The van der Waals surface area contributed by atoms with E-state index < -0.39 is 0 Å². The van der Waals surface area contributed by atoms with Crippen molar-refractivity contribution in [3.05, 3.63) is 56.5 Å². The van der Waals surface area contributed by atoms with Crippen molar-refractivity contribution in [2.45, 2.75) is 26.8 Å². The molecule has 0 saturated heterocycles. The van der Waals surface area contributed by atoms with E-state index in [0.717, 1.165) is 5.56 Å². The van der Waals surface area contributed by atoms with Crippen LogP contribution in [0.3, 0.4) is 0 Å². The van der Waals surface area contributed by atoms with Crippen LogP contribution in [-0.2, 0) is 0 Å². The summed E-state index contributed by atoms with van der Waals surface area (Å²) in [5.41, 5.74) is 2.58. The van der Waals surface area contributed by atoms with Crippen LogP contribution in [0.1, 0.15) is 32.5 Å². The van der Waals surface area contributed by atoms with Crippen LogP contribution in [0.2, 0.25) is 0 Å². The molecule has 0 radical (unpaired) electrons. The molecule has 0 aliphatic heterocycles. The summed E-state index contributed by atoms with van der Waals surface area (Å²) in [5, 5.41) is 3.22. The van der Waals surface area contributed by atoms with E-state index in [9.17, 15) is 4.39 Å². The van der Waals surface area contributed by atoms with Gasteiger partial charge in [0.2, 0.25) is 0 Å². The van der Waals surface area contributed by atoms with Gasteiger partial charge in [-0.15, -0.1) is 11.3 Å². The molecule has 0 bridgehead atoms. The topological polar surface area (TPSA) is 12.0 Å². The van der Waals surface area contributed by atoms with Crippen LogP contribution >= 0.6 is 11.3 Å². The van der Waals surface area contributed by atoms with Gasteiger partial charge in [0.15, 0.2) is 0 Å². The number of hydrogen-bond acceptors (Lipinski definition) is 2. The summed E-state index contributed by atoms with van der Waals surface area (Å²) in [6.45, 7) is 5.98. The molecule has 3 heteroatoms. The largest absolute Gasteiger partial charge is 0.309 e. The number of halogens is 1. The molecular weight excluding hydrogens is 245 g/mol. The standard InChI is InChI=1S/C15H18FNS/c1-9-6-5-7-12(14(9)16)15(17-4)13-8-10(2)18-11(13)3/h5-8,15,17H,1-4H3. The van der Waals surface area contributed by atoms with Gasteiger partial charge in [-0.05, 0) is 45.0 Å². The first-order valence-electron chi connectivity index (χ1n) is 6.03. The van der Waals surface area contributed by atoms with Crippen molar-refractivity contribution in [2.24, 2.45) is 0 Å². The Morgan fingerprint density at radius 2 is 1.89 bits per heavy atom. The summed E-state index contributed by atoms with van der Waals surface area (Å²) < 4.78 is 14.2. The lowest BCUT2D eigenvalue weighted by atomic mass is 9.97. The van der Waals surface area contributed by atoms with Crippen molar-refractivity contribution in [1.29, 1.82) is 0 Å². The molecule has 0 saturated carbocycles. The fourth-order valence-corrected chi connectivity index (χ4v) is 3.27. The van der Waals surface area contributed by atoms with E-state index in [2.05, 4.69) is 25.2 Å². The second-order valence-electron chi connectivity index (χ2n) is 4.57. The molecular formula is C15H18FNS. The molecule has 0 aliphatic rings. The van der Waals surface area contributed by atoms with E-state index in [0.29, 0.717) is 5.56 Å². The highest BCUT2D eigenvalue weighted by Gasteiger charge is 2.20. The zero-order chi connectivity index (χ0) is 13.3. The minimum absolute atomic E-state index is 0.0742. The zero-order valence-corrected chi connectivity index (χ0v) is 12.0. The van der Waals surface area contributed by atoms with Gasteiger partial charge in [0.05, 0.1) is 6.04 Å². The maximum absolute atomic E-state index is 14.2. The van der Waals surface area contributed by atoms with Crippen LogP contribution < -0.4 is 5.32 Å². The first-order chi connectivity index (χ1) is 8.54. The molecule has 1 heterocycles. The van der Waals surface area contributed by atoms with Gasteiger partial charge in [-0.3, -0.25) is 0 Å². The molecule has 0 amide bonds. The summed E-state index contributed by atoms with van der Waals surface area (Å²) in [6, 6.07) is 7.64. The molecule has 1 nitrogen and oxygen atoms in total. The molecule has 0 fully saturated rings. The van der Waals surface area contributed by atoms with Crippen LogP contribution in [0.15, 0.2) is 24.3 Å². The third-order valence-electron chi connectivity index (χ3n) is 3.21. The molecule has 1 atom stereocenters. The van der Waals surface area contributed by atoms with Crippen molar-refractivity contribution in [3.8, 4) is 0 Å². The average molecular weight is 263 g/mol. The van der Waals surface area contributed by atoms with Gasteiger partial charge >= 0.3 is 0 Å². The minimum Gasteiger partial charge on any atom is -0.309 e. The summed E-state index contributed by atoms with van der Waals surface area (Å²) in [4.78, 5) is 2.50. The molecule has 1 N–H and O–H groups in total. The van der Waals surface area contributed by atoms with Crippen LogP contribution in [0.5, 0.6) is 0 Å². The van der Waals surface area contributed by atoms with Gasteiger partial charge in [-0.25, -0.2) is 4.39 Å².